The zero-order valence-electron chi connectivity index (χ0n) is 37.3. The van der Waals surface area contributed by atoms with E-state index in [1.807, 2.05) is 63.2 Å². The molecule has 1 amide bonds. The van der Waals surface area contributed by atoms with Gasteiger partial charge in [0.25, 0.3) is 0 Å². The fourth-order valence-corrected chi connectivity index (χ4v) is 9.85. The first-order valence-corrected chi connectivity index (χ1v) is 22.2. The van der Waals surface area contributed by atoms with E-state index in [4.69, 9.17) is 28.9 Å². The maximum absolute atomic E-state index is 14.5. The third kappa shape index (κ3) is 9.43. The number of rotatable bonds is 17. The molecule has 0 bridgehead atoms. The lowest BCUT2D eigenvalue weighted by atomic mass is 9.55. The molecule has 0 radical (unpaired) electrons. The van der Waals surface area contributed by atoms with Crippen molar-refractivity contribution >= 4 is 22.6 Å². The summed E-state index contributed by atoms with van der Waals surface area (Å²) in [6, 6.07) is 25.7. The maximum Gasteiger partial charge on any atom is 0.410 e. The van der Waals surface area contributed by atoms with Crippen LogP contribution < -0.4 is 9.47 Å². The summed E-state index contributed by atoms with van der Waals surface area (Å²) >= 11 is 0. The largest absolute Gasteiger partial charge is 0.459 e. The van der Waals surface area contributed by atoms with E-state index in [1.165, 1.54) is 12.7 Å². The number of aryl methyl sites for hydroxylation is 2. The highest BCUT2D eigenvalue weighted by molar-refractivity contribution is 6.03. The molecule has 4 aromatic carbocycles. The van der Waals surface area contributed by atoms with Gasteiger partial charge in [0.1, 0.15) is 28.9 Å². The normalized spacial score (nSPS) is 23.5. The van der Waals surface area contributed by atoms with Crippen molar-refractivity contribution < 1.29 is 38.8 Å². The number of carbonyl (C=O) groups excluding carboxylic acids is 1. The minimum atomic E-state index is -1.43. The minimum absolute atomic E-state index is 0.0633. The van der Waals surface area contributed by atoms with Gasteiger partial charge in [-0.1, -0.05) is 78.7 Å². The molecule has 0 aromatic heterocycles. The Hall–Kier alpha value is -5.16. The van der Waals surface area contributed by atoms with Gasteiger partial charge in [0.2, 0.25) is 5.79 Å². The van der Waals surface area contributed by atoms with Gasteiger partial charge in [-0.2, -0.15) is 0 Å². The number of aliphatic hydroxyl groups excluding tert-OH is 2. The molecular weight excluding hydrogens is 781 g/mol. The van der Waals surface area contributed by atoms with Crippen LogP contribution in [0.2, 0.25) is 0 Å². The van der Waals surface area contributed by atoms with Gasteiger partial charge in [-0.05, 0) is 136 Å². The monoisotopic (exact) mass is 844 g/mol. The summed E-state index contributed by atoms with van der Waals surface area (Å²) in [4.78, 5) is 22.5. The Morgan fingerprint density at radius 1 is 0.935 bits per heavy atom. The van der Waals surface area contributed by atoms with E-state index in [0.29, 0.717) is 24.3 Å². The number of amides is 1. The average Bonchev–Trinajstić information content (AvgIpc) is 3.26. The molecule has 6 atom stereocenters. The Labute approximate surface area is 367 Å². The highest BCUT2D eigenvalue weighted by Gasteiger charge is 2.65. The minimum Gasteiger partial charge on any atom is -0.459 e. The molecule has 10 heteroatoms. The quantitative estimate of drug-likeness (QED) is 0.0613. The molecule has 1 aliphatic heterocycles. The fraction of sp³-hybridized carbons (Fsp3) is 0.462. The second-order valence-corrected chi connectivity index (χ2v) is 18.1. The van der Waals surface area contributed by atoms with Gasteiger partial charge in [-0.3, -0.25) is 4.90 Å². The van der Waals surface area contributed by atoms with Crippen molar-refractivity contribution in [1.29, 1.82) is 0 Å². The number of benzene rings is 4. The molecule has 1 saturated carbocycles. The first-order valence-electron chi connectivity index (χ1n) is 22.2. The Balaban J connectivity index is 1.48. The molecule has 2 aliphatic carbocycles. The number of methoxy groups -OCH3 is 1. The van der Waals surface area contributed by atoms with Crippen LogP contribution in [-0.4, -0.2) is 71.3 Å². The van der Waals surface area contributed by atoms with Crippen LogP contribution in [0.1, 0.15) is 93.9 Å². The Bertz CT molecular complexity index is 2270. The van der Waals surface area contributed by atoms with Crippen LogP contribution in [0.25, 0.3) is 10.8 Å². The summed E-state index contributed by atoms with van der Waals surface area (Å²) < 4.78 is 26.8. The van der Waals surface area contributed by atoms with E-state index in [9.17, 15) is 15.0 Å². The van der Waals surface area contributed by atoms with Crippen LogP contribution >= 0.6 is 0 Å². The van der Waals surface area contributed by atoms with Crippen molar-refractivity contribution in [3.63, 3.8) is 0 Å². The number of nitrogens with zero attached hydrogens (tertiary/aromatic N) is 2. The highest BCUT2D eigenvalue weighted by Crippen LogP contribution is 2.62. The lowest BCUT2D eigenvalue weighted by Crippen LogP contribution is -2.70. The number of allylic oxidation sites excluding steroid dienone is 1. The van der Waals surface area contributed by atoms with E-state index < -0.39 is 29.4 Å². The molecule has 6 unspecified atom stereocenters. The lowest BCUT2D eigenvalue weighted by Gasteiger charge is -2.60. The maximum atomic E-state index is 14.5. The Kier molecular flexibility index (Phi) is 14.1. The summed E-state index contributed by atoms with van der Waals surface area (Å²) in [6.45, 7) is 14.7. The van der Waals surface area contributed by atoms with Gasteiger partial charge in [0, 0.05) is 31.1 Å². The number of fused-ring (bicyclic) bond motifs is 3. The van der Waals surface area contributed by atoms with Crippen molar-refractivity contribution in [2.75, 3.05) is 26.9 Å². The standard InChI is InChI=1S/C52H64N2O8/c1-8-28-59-52-47(54(50(57)58-7)33-38-19-15-18-36-16-9-10-20-41(36)38)32-45(53-62-51(4,5)6)43-30-37(17-11-13-26-55)42(21-12-14-27-56)48(49(43)52)44-31-40(24-25-46(44)61-52)60-39-23-22-34(2)35(3)29-39/h8-10,15-16,18-20,22-25,29-31,37,42,47-49,55-56H,1,11-14,17,21,26-28,32-33H2,2-7H3. The third-order valence-corrected chi connectivity index (χ3v) is 12.8. The molecule has 2 N–H and O–H groups in total. The lowest BCUT2D eigenvalue weighted by molar-refractivity contribution is -0.256. The van der Waals surface area contributed by atoms with Gasteiger partial charge in [0.15, 0.2) is 0 Å². The molecule has 1 heterocycles. The van der Waals surface area contributed by atoms with Gasteiger partial charge < -0.3 is 34.0 Å². The second-order valence-electron chi connectivity index (χ2n) is 18.1. The Morgan fingerprint density at radius 2 is 1.66 bits per heavy atom. The van der Waals surface area contributed by atoms with Crippen molar-refractivity contribution in [3.8, 4) is 17.2 Å². The number of carbonyl (C=O) groups is 1. The average molecular weight is 845 g/mol. The van der Waals surface area contributed by atoms with Gasteiger partial charge in [-0.25, -0.2) is 4.79 Å². The van der Waals surface area contributed by atoms with Crippen LogP contribution in [0.4, 0.5) is 4.79 Å². The van der Waals surface area contributed by atoms with Crippen molar-refractivity contribution in [1.82, 2.24) is 4.90 Å². The molecule has 3 aliphatic rings. The second kappa shape index (κ2) is 19.5. The first-order chi connectivity index (χ1) is 29.9. The zero-order valence-corrected chi connectivity index (χ0v) is 37.3. The van der Waals surface area contributed by atoms with Crippen molar-refractivity contribution in [2.45, 2.75) is 109 Å². The van der Waals surface area contributed by atoms with Crippen molar-refractivity contribution in [3.05, 3.63) is 125 Å². The predicted octanol–water partition coefficient (Wildman–Crippen LogP) is 10.9. The van der Waals surface area contributed by atoms with Crippen molar-refractivity contribution in [2.24, 2.45) is 22.9 Å². The van der Waals surface area contributed by atoms with Gasteiger partial charge in [0.05, 0.1) is 31.9 Å². The third-order valence-electron chi connectivity index (χ3n) is 12.8. The smallest absolute Gasteiger partial charge is 0.410 e. The van der Waals surface area contributed by atoms with Gasteiger partial charge in [-0.15, -0.1) is 6.58 Å². The zero-order chi connectivity index (χ0) is 44.0. The SMILES string of the molecule is C=CCOC12Oc3ccc(Oc4ccc(C)c(C)c4)cc3C3C(CCCCO)C(CCCCO)C=C(C(=NOC(C)(C)C)CC1N(Cc1cccc4ccccc14)C(=O)OC)C32. The number of oxime groups is 1. The van der Waals surface area contributed by atoms with E-state index in [-0.39, 0.29) is 50.5 Å². The number of hydrogen-bond acceptors (Lipinski definition) is 9. The molecule has 62 heavy (non-hydrogen) atoms. The van der Waals surface area contributed by atoms with Crippen LogP contribution in [0.3, 0.4) is 0 Å². The van der Waals surface area contributed by atoms with E-state index >= 15 is 0 Å². The Morgan fingerprint density at radius 3 is 2.39 bits per heavy atom. The van der Waals surface area contributed by atoms with Crippen LogP contribution in [0.15, 0.2) is 108 Å². The van der Waals surface area contributed by atoms with E-state index in [2.05, 4.69) is 62.9 Å². The topological polar surface area (TPSA) is 119 Å². The molecule has 4 aromatic rings. The van der Waals surface area contributed by atoms with Crippen LogP contribution in [0.5, 0.6) is 17.2 Å². The molecule has 0 spiro atoms. The number of ether oxygens (including phenoxy) is 4. The van der Waals surface area contributed by atoms with Crippen LogP contribution in [0, 0.1) is 31.6 Å². The fourth-order valence-electron chi connectivity index (χ4n) is 9.85. The summed E-state index contributed by atoms with van der Waals surface area (Å²) in [5.41, 5.74) is 5.35. The summed E-state index contributed by atoms with van der Waals surface area (Å²) in [6.07, 6.45) is 8.49. The predicted molar refractivity (Wildman–Crippen MR) is 244 cm³/mol. The van der Waals surface area contributed by atoms with E-state index in [0.717, 1.165) is 70.2 Å². The van der Waals surface area contributed by atoms with Gasteiger partial charge >= 0.3 is 6.09 Å². The first kappa shape index (κ1) is 44.9. The molecule has 1 fully saturated rings. The molecule has 0 saturated heterocycles. The molecule has 7 rings (SSSR count). The molecule has 10 nitrogen and oxygen atoms in total. The summed E-state index contributed by atoms with van der Waals surface area (Å²) in [7, 11) is 1.41. The molecule has 330 valence electrons. The van der Waals surface area contributed by atoms with E-state index in [1.54, 1.807) is 11.0 Å². The number of hydrogen-bond donors (Lipinski definition) is 2. The van der Waals surface area contributed by atoms with Crippen LogP contribution in [-0.2, 0) is 20.9 Å². The number of unbranched alkanes of at least 4 members (excludes halogenated alkanes) is 2. The summed E-state index contributed by atoms with van der Waals surface area (Å²) in [5, 5.41) is 27.0. The highest BCUT2D eigenvalue weighted by atomic mass is 16.7. The summed E-state index contributed by atoms with van der Waals surface area (Å²) in [5.74, 6) is 0.121. The number of aliphatic hydroxyl groups is 2. The molecular formula is C52H64N2O8.